The van der Waals surface area contributed by atoms with Gasteiger partial charge in [0.05, 0.1) is 33.0 Å². The first-order chi connectivity index (χ1) is 16.7. The minimum Gasteiger partial charge on any atom is -0.324 e. The monoisotopic (exact) mass is 470 g/mol. The van der Waals surface area contributed by atoms with Crippen LogP contribution >= 0.6 is 11.3 Å². The van der Waals surface area contributed by atoms with Crippen molar-refractivity contribution in [2.45, 2.75) is 18.8 Å². The smallest absolute Gasteiger partial charge is 0.257 e. The summed E-state index contributed by atoms with van der Waals surface area (Å²) in [6.45, 7) is 2.01. The van der Waals surface area contributed by atoms with Crippen molar-refractivity contribution in [2.24, 2.45) is 0 Å². The van der Waals surface area contributed by atoms with E-state index >= 15 is 0 Å². The van der Waals surface area contributed by atoms with E-state index in [1.165, 1.54) is 9.71 Å². The minimum absolute atomic E-state index is 0.113. The number of hydrogen-bond donors (Lipinski definition) is 2. The highest BCUT2D eigenvalue weighted by Crippen LogP contribution is 2.33. The van der Waals surface area contributed by atoms with Gasteiger partial charge in [0.1, 0.15) is 0 Å². The molecule has 0 unspecified atom stereocenters. The molecule has 1 aliphatic heterocycles. The zero-order chi connectivity index (χ0) is 23.3. The van der Waals surface area contributed by atoms with E-state index in [9.17, 15) is 9.59 Å². The van der Waals surface area contributed by atoms with Crippen LogP contribution in [0.5, 0.6) is 0 Å². The highest BCUT2D eigenvalue weighted by molar-refractivity contribution is 7.18. The maximum atomic E-state index is 12.8. The second kappa shape index (κ2) is 10.2. The lowest BCUT2D eigenvalue weighted by molar-refractivity contribution is -0.117. The molecule has 172 valence electrons. The summed E-state index contributed by atoms with van der Waals surface area (Å²) < 4.78 is 1.23. The van der Waals surface area contributed by atoms with Gasteiger partial charge in [-0.15, -0.1) is 11.3 Å². The molecule has 3 aromatic carbocycles. The number of benzene rings is 3. The van der Waals surface area contributed by atoms with Crippen LogP contribution in [0.25, 0.3) is 10.2 Å². The fraction of sp³-hybridized carbons (Fsp3) is 0.222. The van der Waals surface area contributed by atoms with Gasteiger partial charge in [-0.25, -0.2) is 4.98 Å². The number of likely N-dealkylation sites (tertiary alicyclic amines) is 1. The van der Waals surface area contributed by atoms with Gasteiger partial charge in [-0.1, -0.05) is 42.5 Å². The summed E-state index contributed by atoms with van der Waals surface area (Å²) in [5.74, 6) is 0.0799. The lowest BCUT2D eigenvalue weighted by Crippen LogP contribution is -2.38. The Kier molecular flexibility index (Phi) is 6.65. The third kappa shape index (κ3) is 5.16. The molecule has 0 aliphatic carbocycles. The molecule has 0 bridgehead atoms. The van der Waals surface area contributed by atoms with Gasteiger partial charge in [-0.05, 0) is 62.3 Å². The minimum atomic E-state index is -0.251. The Labute approximate surface area is 202 Å². The van der Waals surface area contributed by atoms with Gasteiger partial charge < -0.3 is 10.6 Å². The molecule has 7 heteroatoms. The first-order valence-electron chi connectivity index (χ1n) is 11.5. The van der Waals surface area contributed by atoms with Crippen molar-refractivity contribution in [1.82, 2.24) is 9.88 Å². The molecule has 1 fully saturated rings. The molecule has 5 rings (SSSR count). The number of nitrogens with zero attached hydrogens (tertiary/aromatic N) is 2. The number of aromatic nitrogens is 1. The molecule has 34 heavy (non-hydrogen) atoms. The number of fused-ring (bicyclic) bond motifs is 1. The Morgan fingerprint density at radius 1 is 0.882 bits per heavy atom. The normalized spacial score (nSPS) is 14.7. The van der Waals surface area contributed by atoms with Crippen molar-refractivity contribution in [3.05, 3.63) is 89.4 Å². The highest BCUT2D eigenvalue weighted by atomic mass is 32.1. The Balaban J connectivity index is 1.16. The molecular formula is C27H26N4O2S. The van der Waals surface area contributed by atoms with E-state index in [0.29, 0.717) is 29.4 Å². The number of carbonyl (C=O) groups is 2. The van der Waals surface area contributed by atoms with E-state index in [0.717, 1.165) is 31.4 Å². The Morgan fingerprint density at radius 2 is 1.59 bits per heavy atom. The average Bonchev–Trinajstić information content (AvgIpc) is 3.30. The third-order valence-electron chi connectivity index (χ3n) is 6.09. The first kappa shape index (κ1) is 22.3. The predicted octanol–water partition coefficient (Wildman–Crippen LogP) is 5.37. The zero-order valence-electron chi connectivity index (χ0n) is 18.7. The number of anilines is 2. The van der Waals surface area contributed by atoms with E-state index in [4.69, 9.17) is 4.98 Å². The summed E-state index contributed by atoms with van der Waals surface area (Å²) in [4.78, 5) is 32.5. The number of nitrogens with one attached hydrogen (secondary N) is 2. The SMILES string of the molecule is O=C(CN1CCC(c2nc3ccccc3s2)CC1)Nc1ccccc1C(=O)Nc1ccccc1. The molecule has 1 aromatic heterocycles. The molecule has 6 nitrogen and oxygen atoms in total. The van der Waals surface area contributed by atoms with Gasteiger partial charge in [0, 0.05) is 11.6 Å². The first-order valence-corrected chi connectivity index (χ1v) is 12.3. The summed E-state index contributed by atoms with van der Waals surface area (Å²) in [7, 11) is 0. The van der Waals surface area contributed by atoms with Gasteiger partial charge in [-0.2, -0.15) is 0 Å². The predicted molar refractivity (Wildman–Crippen MR) is 138 cm³/mol. The van der Waals surface area contributed by atoms with Crippen molar-refractivity contribution >= 4 is 44.7 Å². The fourth-order valence-electron chi connectivity index (χ4n) is 4.31. The summed E-state index contributed by atoms with van der Waals surface area (Å²) in [5, 5.41) is 7.01. The molecule has 2 amide bonds. The second-order valence-electron chi connectivity index (χ2n) is 8.48. The standard InChI is InChI=1S/C27H26N4O2S/c32-25(29-22-11-5-4-10-21(22)26(33)28-20-8-2-1-3-9-20)18-31-16-14-19(15-17-31)27-30-23-12-6-7-13-24(23)34-27/h1-13,19H,14-18H2,(H,28,33)(H,29,32). The maximum Gasteiger partial charge on any atom is 0.257 e. The maximum absolute atomic E-state index is 12.8. The average molecular weight is 471 g/mol. The second-order valence-corrected chi connectivity index (χ2v) is 9.55. The van der Waals surface area contributed by atoms with E-state index in [1.54, 1.807) is 29.5 Å². The summed E-state index contributed by atoms with van der Waals surface area (Å²) in [6.07, 6.45) is 1.98. The summed E-state index contributed by atoms with van der Waals surface area (Å²) >= 11 is 1.78. The molecule has 0 saturated carbocycles. The van der Waals surface area contributed by atoms with Crippen LogP contribution in [0.4, 0.5) is 11.4 Å². The lowest BCUT2D eigenvalue weighted by Gasteiger charge is -2.30. The van der Waals surface area contributed by atoms with E-state index in [2.05, 4.69) is 33.7 Å². The molecule has 1 aliphatic rings. The van der Waals surface area contributed by atoms with Gasteiger partial charge in [-0.3, -0.25) is 14.5 Å². The van der Waals surface area contributed by atoms with Crippen molar-refractivity contribution in [2.75, 3.05) is 30.3 Å². The molecule has 2 N–H and O–H groups in total. The van der Waals surface area contributed by atoms with E-state index in [-0.39, 0.29) is 11.8 Å². The molecule has 0 atom stereocenters. The number of hydrogen-bond acceptors (Lipinski definition) is 5. The Morgan fingerprint density at radius 3 is 2.38 bits per heavy atom. The number of para-hydroxylation sites is 3. The summed E-state index contributed by atoms with van der Waals surface area (Å²) in [6, 6.07) is 24.6. The zero-order valence-corrected chi connectivity index (χ0v) is 19.6. The Bertz CT molecular complexity index is 1260. The number of rotatable bonds is 6. The Hall–Kier alpha value is -3.55. The molecule has 4 aromatic rings. The van der Waals surface area contributed by atoms with E-state index < -0.39 is 0 Å². The van der Waals surface area contributed by atoms with Crippen LogP contribution in [0.2, 0.25) is 0 Å². The molecule has 2 heterocycles. The third-order valence-corrected chi connectivity index (χ3v) is 7.29. The van der Waals surface area contributed by atoms with Crippen LogP contribution in [0, 0.1) is 0 Å². The van der Waals surface area contributed by atoms with Crippen LogP contribution in [0.3, 0.4) is 0 Å². The van der Waals surface area contributed by atoms with Gasteiger partial charge in [0.15, 0.2) is 0 Å². The quantitative estimate of drug-likeness (QED) is 0.397. The van der Waals surface area contributed by atoms with Crippen molar-refractivity contribution in [1.29, 1.82) is 0 Å². The molecular weight excluding hydrogens is 444 g/mol. The number of amides is 2. The number of thiazole rings is 1. The summed E-state index contributed by atoms with van der Waals surface area (Å²) in [5.41, 5.74) is 2.74. The molecule has 0 radical (unpaired) electrons. The van der Waals surface area contributed by atoms with Gasteiger partial charge in [0.25, 0.3) is 5.91 Å². The van der Waals surface area contributed by atoms with Crippen molar-refractivity contribution in [3.8, 4) is 0 Å². The van der Waals surface area contributed by atoms with Gasteiger partial charge in [0.2, 0.25) is 5.91 Å². The lowest BCUT2D eigenvalue weighted by atomic mass is 9.97. The molecule has 1 saturated heterocycles. The van der Waals surface area contributed by atoms with Crippen LogP contribution in [0.15, 0.2) is 78.9 Å². The van der Waals surface area contributed by atoms with Crippen LogP contribution in [-0.2, 0) is 4.79 Å². The van der Waals surface area contributed by atoms with Gasteiger partial charge >= 0.3 is 0 Å². The highest BCUT2D eigenvalue weighted by Gasteiger charge is 2.25. The topological polar surface area (TPSA) is 74.3 Å². The molecule has 0 spiro atoms. The van der Waals surface area contributed by atoms with Crippen molar-refractivity contribution < 1.29 is 9.59 Å². The number of carbonyl (C=O) groups excluding carboxylic acids is 2. The number of piperidine rings is 1. The van der Waals surface area contributed by atoms with Crippen molar-refractivity contribution in [3.63, 3.8) is 0 Å². The van der Waals surface area contributed by atoms with Crippen LogP contribution < -0.4 is 10.6 Å². The largest absolute Gasteiger partial charge is 0.324 e. The van der Waals surface area contributed by atoms with Crippen LogP contribution in [-0.4, -0.2) is 41.3 Å². The fourth-order valence-corrected chi connectivity index (χ4v) is 5.44. The van der Waals surface area contributed by atoms with E-state index in [1.807, 2.05) is 42.5 Å². The van der Waals surface area contributed by atoms with Crippen LogP contribution in [0.1, 0.15) is 34.1 Å².